The van der Waals surface area contributed by atoms with Gasteiger partial charge in [0.15, 0.2) is 0 Å². The molecule has 3 heteroatoms. The van der Waals surface area contributed by atoms with Crippen LogP contribution in [0.4, 0.5) is 0 Å². The molecule has 0 amide bonds. The third kappa shape index (κ3) is 2.19. The molecule has 0 aliphatic carbocycles. The normalized spacial score (nSPS) is 13.0. The lowest BCUT2D eigenvalue weighted by Gasteiger charge is -2.08. The summed E-state index contributed by atoms with van der Waals surface area (Å²) in [6, 6.07) is 7.29. The van der Waals surface area contributed by atoms with Crippen molar-refractivity contribution in [3.63, 3.8) is 0 Å². The van der Waals surface area contributed by atoms with E-state index in [1.54, 1.807) is 12.1 Å². The Morgan fingerprint density at radius 3 is 2.36 bits per heavy atom. The van der Waals surface area contributed by atoms with E-state index in [0.29, 0.717) is 5.02 Å². The number of hydroxylamine groups is 1. The Bertz CT molecular complexity index is 222. The fourth-order valence-electron chi connectivity index (χ4n) is 0.826. The highest BCUT2D eigenvalue weighted by Gasteiger charge is 2.01. The van der Waals surface area contributed by atoms with Crippen LogP contribution < -0.4 is 5.48 Å². The van der Waals surface area contributed by atoms with E-state index >= 15 is 0 Å². The second-order valence-corrected chi connectivity index (χ2v) is 2.84. The summed E-state index contributed by atoms with van der Waals surface area (Å²) in [7, 11) is 0. The molecule has 0 heterocycles. The first-order valence-electron chi connectivity index (χ1n) is 3.39. The lowest BCUT2D eigenvalue weighted by atomic mass is 10.1. The molecule has 60 valence electrons. The van der Waals surface area contributed by atoms with E-state index in [0.717, 1.165) is 5.56 Å². The summed E-state index contributed by atoms with van der Waals surface area (Å²) in [5.41, 5.74) is 3.17. The van der Waals surface area contributed by atoms with Crippen molar-refractivity contribution >= 4 is 11.6 Å². The fourth-order valence-corrected chi connectivity index (χ4v) is 0.952. The number of rotatable bonds is 2. The summed E-state index contributed by atoms with van der Waals surface area (Å²) in [5.74, 6) is 0. The van der Waals surface area contributed by atoms with E-state index in [1.165, 1.54) is 0 Å². The molecule has 0 aliphatic heterocycles. The summed E-state index contributed by atoms with van der Waals surface area (Å²) >= 11 is 5.68. The van der Waals surface area contributed by atoms with Crippen molar-refractivity contribution in [1.82, 2.24) is 5.48 Å². The third-order valence-electron chi connectivity index (χ3n) is 1.56. The van der Waals surface area contributed by atoms with Gasteiger partial charge in [-0.3, -0.25) is 0 Å². The first-order valence-corrected chi connectivity index (χ1v) is 3.77. The molecule has 0 saturated carbocycles. The van der Waals surface area contributed by atoms with Crippen molar-refractivity contribution in [2.45, 2.75) is 13.0 Å². The van der Waals surface area contributed by atoms with E-state index in [2.05, 4.69) is 5.48 Å². The average molecular weight is 172 g/mol. The first kappa shape index (κ1) is 8.53. The summed E-state index contributed by atoms with van der Waals surface area (Å²) < 4.78 is 0. The van der Waals surface area contributed by atoms with E-state index in [1.807, 2.05) is 19.1 Å². The van der Waals surface area contributed by atoms with Gasteiger partial charge in [0.25, 0.3) is 0 Å². The standard InChI is InChI=1S/C8H10ClNO/c1-6(10-11)7-2-4-8(9)5-3-7/h2-6,10-11H,1H3/t6-/m0/s1. The Balaban J connectivity index is 2.81. The summed E-state index contributed by atoms with van der Waals surface area (Å²) in [6.45, 7) is 1.86. The Morgan fingerprint density at radius 1 is 1.36 bits per heavy atom. The maximum absolute atomic E-state index is 8.57. The molecule has 0 aromatic heterocycles. The Hall–Kier alpha value is -0.570. The molecule has 0 radical (unpaired) electrons. The molecule has 1 rings (SSSR count). The number of nitrogens with one attached hydrogen (secondary N) is 1. The van der Waals surface area contributed by atoms with Crippen LogP contribution >= 0.6 is 11.6 Å². The van der Waals surface area contributed by atoms with Crippen molar-refractivity contribution in [1.29, 1.82) is 0 Å². The van der Waals surface area contributed by atoms with Gasteiger partial charge in [0.05, 0.1) is 6.04 Å². The van der Waals surface area contributed by atoms with Crippen molar-refractivity contribution in [2.24, 2.45) is 0 Å². The van der Waals surface area contributed by atoms with Crippen molar-refractivity contribution in [3.05, 3.63) is 34.9 Å². The van der Waals surface area contributed by atoms with Crippen molar-refractivity contribution < 1.29 is 5.21 Å². The average Bonchev–Trinajstić information content (AvgIpc) is 2.05. The molecule has 0 bridgehead atoms. The monoisotopic (exact) mass is 171 g/mol. The summed E-state index contributed by atoms with van der Waals surface area (Å²) in [5, 5.41) is 9.28. The molecule has 2 N–H and O–H groups in total. The minimum absolute atomic E-state index is 0.0488. The van der Waals surface area contributed by atoms with E-state index in [9.17, 15) is 0 Å². The third-order valence-corrected chi connectivity index (χ3v) is 1.82. The van der Waals surface area contributed by atoms with Gasteiger partial charge in [0.1, 0.15) is 0 Å². The van der Waals surface area contributed by atoms with Crippen LogP contribution in [0.2, 0.25) is 5.02 Å². The van der Waals surface area contributed by atoms with E-state index in [-0.39, 0.29) is 6.04 Å². The highest BCUT2D eigenvalue weighted by atomic mass is 35.5. The maximum atomic E-state index is 8.57. The second-order valence-electron chi connectivity index (χ2n) is 2.40. The van der Waals surface area contributed by atoms with Crippen LogP contribution in [0.25, 0.3) is 0 Å². The summed E-state index contributed by atoms with van der Waals surface area (Å²) in [4.78, 5) is 0. The van der Waals surface area contributed by atoms with Gasteiger partial charge in [-0.05, 0) is 24.6 Å². The largest absolute Gasteiger partial charge is 0.316 e. The predicted molar refractivity (Wildman–Crippen MR) is 44.8 cm³/mol. The van der Waals surface area contributed by atoms with Gasteiger partial charge in [-0.1, -0.05) is 23.7 Å². The Labute approximate surface area is 70.8 Å². The number of hydrogen-bond acceptors (Lipinski definition) is 2. The van der Waals surface area contributed by atoms with Gasteiger partial charge in [0, 0.05) is 5.02 Å². The lowest BCUT2D eigenvalue weighted by Crippen LogP contribution is -2.12. The van der Waals surface area contributed by atoms with Crippen LogP contribution in [0.3, 0.4) is 0 Å². The van der Waals surface area contributed by atoms with Crippen LogP contribution in [0.5, 0.6) is 0 Å². The number of benzene rings is 1. The summed E-state index contributed by atoms with van der Waals surface area (Å²) in [6.07, 6.45) is 0. The van der Waals surface area contributed by atoms with Crippen LogP contribution in [0, 0.1) is 0 Å². The van der Waals surface area contributed by atoms with Crippen LogP contribution in [0.15, 0.2) is 24.3 Å². The fraction of sp³-hybridized carbons (Fsp3) is 0.250. The number of hydrogen-bond donors (Lipinski definition) is 2. The molecule has 1 aromatic carbocycles. The quantitative estimate of drug-likeness (QED) is 0.670. The lowest BCUT2D eigenvalue weighted by molar-refractivity contribution is 0.133. The predicted octanol–water partition coefficient (Wildman–Crippen LogP) is 2.38. The van der Waals surface area contributed by atoms with Crippen molar-refractivity contribution in [2.75, 3.05) is 0 Å². The van der Waals surface area contributed by atoms with Gasteiger partial charge in [-0.2, -0.15) is 5.48 Å². The Kier molecular flexibility index (Phi) is 2.88. The second kappa shape index (κ2) is 3.72. The molecule has 11 heavy (non-hydrogen) atoms. The zero-order valence-electron chi connectivity index (χ0n) is 6.21. The Morgan fingerprint density at radius 2 is 1.91 bits per heavy atom. The minimum Gasteiger partial charge on any atom is -0.316 e. The van der Waals surface area contributed by atoms with Gasteiger partial charge in [0.2, 0.25) is 0 Å². The van der Waals surface area contributed by atoms with Gasteiger partial charge in [-0.25, -0.2) is 0 Å². The zero-order chi connectivity index (χ0) is 8.27. The van der Waals surface area contributed by atoms with Crippen molar-refractivity contribution in [3.8, 4) is 0 Å². The van der Waals surface area contributed by atoms with Crippen LogP contribution in [-0.2, 0) is 0 Å². The molecule has 1 atom stereocenters. The minimum atomic E-state index is -0.0488. The van der Waals surface area contributed by atoms with E-state index in [4.69, 9.17) is 16.8 Å². The molecular weight excluding hydrogens is 162 g/mol. The molecule has 1 aromatic rings. The zero-order valence-corrected chi connectivity index (χ0v) is 6.97. The SMILES string of the molecule is C[C@H](NO)c1ccc(Cl)cc1. The van der Waals surface area contributed by atoms with E-state index < -0.39 is 0 Å². The highest BCUT2D eigenvalue weighted by molar-refractivity contribution is 6.30. The molecule has 0 saturated heterocycles. The maximum Gasteiger partial charge on any atom is 0.0540 e. The molecule has 0 unspecified atom stereocenters. The number of halogens is 1. The van der Waals surface area contributed by atoms with Gasteiger partial charge in [-0.15, -0.1) is 0 Å². The van der Waals surface area contributed by atoms with Crippen LogP contribution in [-0.4, -0.2) is 5.21 Å². The molecule has 0 fully saturated rings. The van der Waals surface area contributed by atoms with Gasteiger partial charge < -0.3 is 5.21 Å². The topological polar surface area (TPSA) is 32.3 Å². The molecule has 0 spiro atoms. The van der Waals surface area contributed by atoms with Gasteiger partial charge >= 0.3 is 0 Å². The smallest absolute Gasteiger partial charge is 0.0540 e. The highest BCUT2D eigenvalue weighted by Crippen LogP contribution is 2.14. The molecular formula is C8H10ClNO. The molecule has 0 aliphatic rings. The first-order chi connectivity index (χ1) is 5.24. The molecule has 2 nitrogen and oxygen atoms in total. The van der Waals surface area contributed by atoms with Crippen LogP contribution in [0.1, 0.15) is 18.5 Å².